The van der Waals surface area contributed by atoms with Crippen LogP contribution >= 0.6 is 0 Å². The maximum atomic E-state index is 13.0. The number of hydrogen-bond donors (Lipinski definition) is 1. The monoisotopic (exact) mass is 421 g/mol. The summed E-state index contributed by atoms with van der Waals surface area (Å²) in [4.78, 5) is 31.6. The van der Waals surface area contributed by atoms with Gasteiger partial charge in [0.05, 0.1) is 43.3 Å². The lowest BCUT2D eigenvalue weighted by atomic mass is 10.0. The standard InChI is InChI=1S/C23H27N5O3/c1-15-6-8-17(9-7-15)22-20(27-12-4-5-21(27)29)14-28(26-22)23(30)25-16(2)19-11-10-18(31-3)13-24-19/h6-11,13,16,20H,4-5,12,14H2,1-3H3,(H,25,30)/t16?,20-/m1/s1. The van der Waals surface area contributed by atoms with Gasteiger partial charge >= 0.3 is 6.03 Å². The van der Waals surface area contributed by atoms with E-state index >= 15 is 0 Å². The Morgan fingerprint density at radius 3 is 2.61 bits per heavy atom. The second kappa shape index (κ2) is 8.75. The van der Waals surface area contributed by atoms with Gasteiger partial charge in [-0.25, -0.2) is 9.80 Å². The molecule has 1 fully saturated rings. The molecule has 3 amide bonds. The molecule has 1 N–H and O–H groups in total. The van der Waals surface area contributed by atoms with Gasteiger partial charge in [-0.2, -0.15) is 5.10 Å². The molecule has 1 unspecified atom stereocenters. The molecular weight excluding hydrogens is 394 g/mol. The lowest BCUT2D eigenvalue weighted by Crippen LogP contribution is -2.46. The van der Waals surface area contributed by atoms with Crippen molar-refractivity contribution in [3.63, 3.8) is 0 Å². The molecule has 8 heteroatoms. The maximum Gasteiger partial charge on any atom is 0.338 e. The highest BCUT2D eigenvalue weighted by Crippen LogP contribution is 2.24. The molecule has 4 rings (SSSR count). The molecule has 1 saturated heterocycles. The summed E-state index contributed by atoms with van der Waals surface area (Å²) in [6.07, 6.45) is 3.00. The van der Waals surface area contributed by atoms with Crippen LogP contribution in [0.4, 0.5) is 4.79 Å². The molecule has 2 aliphatic rings. The number of hydrogen-bond acceptors (Lipinski definition) is 5. The summed E-state index contributed by atoms with van der Waals surface area (Å²) in [5.74, 6) is 0.773. The molecule has 162 valence electrons. The summed E-state index contributed by atoms with van der Waals surface area (Å²) in [6.45, 7) is 4.92. The molecule has 3 heterocycles. The van der Waals surface area contributed by atoms with E-state index in [0.717, 1.165) is 29.0 Å². The van der Waals surface area contributed by atoms with Crippen LogP contribution in [0.15, 0.2) is 47.7 Å². The largest absolute Gasteiger partial charge is 0.495 e. The molecule has 0 bridgehead atoms. The fraction of sp³-hybridized carbons (Fsp3) is 0.391. The molecule has 1 aromatic carbocycles. The van der Waals surface area contributed by atoms with E-state index in [4.69, 9.17) is 4.74 Å². The maximum absolute atomic E-state index is 13.0. The van der Waals surface area contributed by atoms with E-state index in [-0.39, 0.29) is 24.0 Å². The van der Waals surface area contributed by atoms with Gasteiger partial charge in [0, 0.05) is 13.0 Å². The fourth-order valence-corrected chi connectivity index (χ4v) is 3.94. The third kappa shape index (κ3) is 4.38. The normalized spacial score (nSPS) is 19.4. The minimum absolute atomic E-state index is 0.114. The number of urea groups is 1. The van der Waals surface area contributed by atoms with Gasteiger partial charge in [0.15, 0.2) is 0 Å². The minimum Gasteiger partial charge on any atom is -0.495 e. The number of amides is 3. The molecule has 8 nitrogen and oxygen atoms in total. The van der Waals surface area contributed by atoms with E-state index in [9.17, 15) is 9.59 Å². The average Bonchev–Trinajstić information content (AvgIpc) is 3.40. The van der Waals surface area contributed by atoms with Crippen molar-refractivity contribution in [2.24, 2.45) is 5.10 Å². The molecular formula is C23H27N5O3. The van der Waals surface area contributed by atoms with Crippen LogP contribution in [0.3, 0.4) is 0 Å². The number of hydrazone groups is 1. The zero-order valence-corrected chi connectivity index (χ0v) is 18.0. The highest BCUT2D eigenvalue weighted by atomic mass is 16.5. The van der Waals surface area contributed by atoms with Crippen LogP contribution < -0.4 is 10.1 Å². The first-order valence-electron chi connectivity index (χ1n) is 10.5. The number of aryl methyl sites for hydroxylation is 1. The van der Waals surface area contributed by atoms with Gasteiger partial charge in [-0.15, -0.1) is 0 Å². The van der Waals surface area contributed by atoms with Crippen LogP contribution in [0.2, 0.25) is 0 Å². The van der Waals surface area contributed by atoms with Gasteiger partial charge < -0.3 is 15.0 Å². The molecule has 2 aromatic rings. The zero-order valence-electron chi connectivity index (χ0n) is 18.0. The Balaban J connectivity index is 1.53. The quantitative estimate of drug-likeness (QED) is 0.804. The third-order valence-electron chi connectivity index (χ3n) is 5.74. The summed E-state index contributed by atoms with van der Waals surface area (Å²) in [5, 5.41) is 9.00. The van der Waals surface area contributed by atoms with Gasteiger partial charge in [-0.05, 0) is 38.0 Å². The van der Waals surface area contributed by atoms with Crippen LogP contribution in [0, 0.1) is 6.92 Å². The first kappa shape index (κ1) is 20.8. The summed E-state index contributed by atoms with van der Waals surface area (Å²) in [5.41, 5.74) is 3.55. The molecule has 31 heavy (non-hydrogen) atoms. The smallest absolute Gasteiger partial charge is 0.338 e. The minimum atomic E-state index is -0.316. The van der Waals surface area contributed by atoms with Crippen LogP contribution in [0.1, 0.15) is 42.6 Å². The second-order valence-electron chi connectivity index (χ2n) is 7.93. The lowest BCUT2D eigenvalue weighted by Gasteiger charge is -2.25. The van der Waals surface area contributed by atoms with Gasteiger partial charge in [-0.3, -0.25) is 9.78 Å². The Morgan fingerprint density at radius 2 is 2.00 bits per heavy atom. The van der Waals surface area contributed by atoms with Crippen molar-refractivity contribution < 1.29 is 14.3 Å². The van der Waals surface area contributed by atoms with Gasteiger partial charge in [0.1, 0.15) is 5.75 Å². The average molecular weight is 422 g/mol. The predicted molar refractivity (Wildman–Crippen MR) is 117 cm³/mol. The van der Waals surface area contributed by atoms with Gasteiger partial charge in [0.25, 0.3) is 0 Å². The number of aromatic nitrogens is 1. The lowest BCUT2D eigenvalue weighted by molar-refractivity contribution is -0.128. The Labute approximate surface area is 181 Å². The second-order valence-corrected chi connectivity index (χ2v) is 7.93. The predicted octanol–water partition coefficient (Wildman–Crippen LogP) is 2.88. The number of rotatable bonds is 5. The van der Waals surface area contributed by atoms with Crippen molar-refractivity contribution in [1.82, 2.24) is 20.2 Å². The number of nitrogens with zero attached hydrogens (tertiary/aromatic N) is 4. The topological polar surface area (TPSA) is 87.1 Å². The highest BCUT2D eigenvalue weighted by molar-refractivity contribution is 6.08. The van der Waals surface area contributed by atoms with Crippen molar-refractivity contribution >= 4 is 17.6 Å². The molecule has 0 radical (unpaired) electrons. The number of carbonyl (C=O) groups is 2. The molecule has 2 aliphatic heterocycles. The van der Waals surface area contributed by atoms with Crippen LogP contribution in [-0.2, 0) is 4.79 Å². The number of methoxy groups -OCH3 is 1. The number of benzene rings is 1. The van der Waals surface area contributed by atoms with Gasteiger partial charge in [-0.1, -0.05) is 29.8 Å². The van der Waals surface area contributed by atoms with Crippen molar-refractivity contribution in [3.8, 4) is 5.75 Å². The number of nitrogens with one attached hydrogen (secondary N) is 1. The van der Waals surface area contributed by atoms with Crippen molar-refractivity contribution in [2.75, 3.05) is 20.2 Å². The number of likely N-dealkylation sites (tertiary alicyclic amines) is 1. The van der Waals surface area contributed by atoms with E-state index in [1.54, 1.807) is 13.3 Å². The Bertz CT molecular complexity index is 987. The van der Waals surface area contributed by atoms with Crippen molar-refractivity contribution in [1.29, 1.82) is 0 Å². The summed E-state index contributed by atoms with van der Waals surface area (Å²) in [7, 11) is 1.58. The Morgan fingerprint density at radius 1 is 1.23 bits per heavy atom. The van der Waals surface area contributed by atoms with Crippen molar-refractivity contribution in [3.05, 3.63) is 59.4 Å². The Hall–Kier alpha value is -3.42. The molecule has 1 aromatic heterocycles. The van der Waals surface area contributed by atoms with Gasteiger partial charge in [0.2, 0.25) is 5.91 Å². The van der Waals surface area contributed by atoms with E-state index < -0.39 is 0 Å². The number of ether oxygens (including phenoxy) is 1. The van der Waals surface area contributed by atoms with Crippen LogP contribution in [0.5, 0.6) is 5.75 Å². The summed E-state index contributed by atoms with van der Waals surface area (Å²) < 4.78 is 5.13. The first-order chi connectivity index (χ1) is 15.0. The van der Waals surface area contributed by atoms with E-state index in [1.165, 1.54) is 5.01 Å². The van der Waals surface area contributed by atoms with E-state index in [0.29, 0.717) is 25.3 Å². The molecule has 0 saturated carbocycles. The van der Waals surface area contributed by atoms with Crippen molar-refractivity contribution in [2.45, 2.75) is 38.8 Å². The van der Waals surface area contributed by atoms with Crippen LogP contribution in [-0.4, -0.2) is 58.8 Å². The zero-order chi connectivity index (χ0) is 22.0. The summed E-state index contributed by atoms with van der Waals surface area (Å²) >= 11 is 0. The fourth-order valence-electron chi connectivity index (χ4n) is 3.94. The number of pyridine rings is 1. The summed E-state index contributed by atoms with van der Waals surface area (Å²) in [6, 6.07) is 10.8. The molecule has 0 aliphatic carbocycles. The molecule has 2 atom stereocenters. The molecule has 0 spiro atoms. The number of carbonyl (C=O) groups excluding carboxylic acids is 2. The van der Waals surface area contributed by atoms with E-state index in [2.05, 4.69) is 15.4 Å². The first-order valence-corrected chi connectivity index (χ1v) is 10.5. The van der Waals surface area contributed by atoms with Crippen LogP contribution in [0.25, 0.3) is 0 Å². The SMILES string of the molecule is COc1ccc(C(C)NC(=O)N2C[C@@H](N3CCCC3=O)C(c3ccc(C)cc3)=N2)nc1. The Kier molecular flexibility index (Phi) is 5.88. The van der Waals surface area contributed by atoms with E-state index in [1.807, 2.05) is 55.1 Å². The highest BCUT2D eigenvalue weighted by Gasteiger charge is 2.39. The third-order valence-corrected chi connectivity index (χ3v) is 5.74.